The van der Waals surface area contributed by atoms with Crippen LogP contribution in [-0.2, 0) is 21.3 Å². The summed E-state index contributed by atoms with van der Waals surface area (Å²) in [5.74, 6) is -0.456. The Labute approximate surface area is 259 Å². The number of carbonyl (C=O) groups excluding carboxylic acids is 1. The molecule has 0 saturated carbocycles. The van der Waals surface area contributed by atoms with Gasteiger partial charge in [-0.25, -0.2) is 9.78 Å². The average molecular weight is 611 g/mol. The van der Waals surface area contributed by atoms with Crippen LogP contribution < -0.4 is 0 Å². The van der Waals surface area contributed by atoms with E-state index in [0.29, 0.717) is 5.02 Å². The number of carbonyl (C=O) groups is 1. The van der Waals surface area contributed by atoms with Gasteiger partial charge >= 0.3 is 5.97 Å². The first-order valence-electron chi connectivity index (χ1n) is 13.9. The van der Waals surface area contributed by atoms with Gasteiger partial charge in [-0.05, 0) is 87.4 Å². The van der Waals surface area contributed by atoms with Gasteiger partial charge in [0.1, 0.15) is 10.7 Å². The summed E-state index contributed by atoms with van der Waals surface area (Å²) >= 11 is 7.86. The van der Waals surface area contributed by atoms with Crippen LogP contribution >= 0.6 is 22.9 Å². The van der Waals surface area contributed by atoms with Crippen molar-refractivity contribution in [1.82, 2.24) is 19.7 Å². The third-order valence-electron chi connectivity index (χ3n) is 7.26. The number of halogens is 1. The van der Waals surface area contributed by atoms with Gasteiger partial charge in [-0.1, -0.05) is 23.7 Å². The second kappa shape index (κ2) is 11.2. The van der Waals surface area contributed by atoms with Crippen LogP contribution in [0.15, 0.2) is 73.1 Å². The maximum atomic E-state index is 13.2. The van der Waals surface area contributed by atoms with Crippen LogP contribution in [0.5, 0.6) is 0 Å². The summed E-state index contributed by atoms with van der Waals surface area (Å²) in [7, 11) is 3.33. The van der Waals surface area contributed by atoms with E-state index in [4.69, 9.17) is 31.2 Å². The van der Waals surface area contributed by atoms with E-state index in [9.17, 15) is 4.79 Å². The molecule has 0 N–H and O–H groups in total. The second-order valence-electron chi connectivity index (χ2n) is 11.4. The van der Waals surface area contributed by atoms with Gasteiger partial charge in [0.05, 0.1) is 28.4 Å². The minimum atomic E-state index is -0.930. The van der Waals surface area contributed by atoms with Crippen molar-refractivity contribution in [1.29, 1.82) is 0 Å². The van der Waals surface area contributed by atoms with Gasteiger partial charge in [-0.2, -0.15) is 5.10 Å². The Morgan fingerprint density at radius 3 is 2.35 bits per heavy atom. The number of thiazole rings is 1. The van der Waals surface area contributed by atoms with Crippen molar-refractivity contribution in [2.45, 2.75) is 39.4 Å². The van der Waals surface area contributed by atoms with Gasteiger partial charge in [0.2, 0.25) is 0 Å². The summed E-state index contributed by atoms with van der Waals surface area (Å²) in [4.78, 5) is 22.5. The van der Waals surface area contributed by atoms with E-state index in [-0.39, 0.29) is 0 Å². The lowest BCUT2D eigenvalue weighted by molar-refractivity contribution is -0.164. The fourth-order valence-corrected chi connectivity index (χ4v) is 6.63. The summed E-state index contributed by atoms with van der Waals surface area (Å²) in [6.07, 6.45) is 2.62. The van der Waals surface area contributed by atoms with E-state index in [0.717, 1.165) is 65.2 Å². The molecule has 0 amide bonds. The molecule has 6 rings (SSSR count). The van der Waals surface area contributed by atoms with Crippen molar-refractivity contribution in [3.63, 3.8) is 0 Å². The zero-order valence-electron chi connectivity index (χ0n) is 24.8. The van der Waals surface area contributed by atoms with Crippen molar-refractivity contribution >= 4 is 50.0 Å². The molecule has 0 fully saturated rings. The van der Waals surface area contributed by atoms with E-state index in [1.807, 2.05) is 81.9 Å². The van der Waals surface area contributed by atoms with E-state index >= 15 is 0 Å². The number of ether oxygens (including phenoxy) is 2. The highest BCUT2D eigenvalue weighted by Crippen LogP contribution is 2.45. The molecule has 3 aromatic carbocycles. The number of aryl methyl sites for hydroxylation is 2. The Hall–Kier alpha value is -4.11. The van der Waals surface area contributed by atoms with Gasteiger partial charge in [-0.15, -0.1) is 11.3 Å². The largest absolute Gasteiger partial charge is 0.467 e. The standard InChI is InChI=1S/C34H31ClN4O3S/c1-19-17-25-31(28(20-7-10-23(35)11-8-20)27(19)30(33(40)41-6)42-34(2,3)4)43-32(37-25)22-9-12-26-24(18-22)29(38-39(26)5)21-13-15-36-16-14-21/h7-18,30H,1-6H3/t30-/m0/s1. The third kappa shape index (κ3) is 5.54. The van der Waals surface area contributed by atoms with Gasteiger partial charge in [0, 0.05) is 52.1 Å². The lowest BCUT2D eigenvalue weighted by Crippen LogP contribution is -2.29. The van der Waals surface area contributed by atoms with Crippen molar-refractivity contribution < 1.29 is 14.3 Å². The van der Waals surface area contributed by atoms with Crippen LogP contribution in [0.4, 0.5) is 0 Å². The monoisotopic (exact) mass is 610 g/mol. The number of hydrogen-bond donors (Lipinski definition) is 0. The first kappa shape index (κ1) is 29.0. The SMILES string of the molecule is COC(=O)[C@@H](OC(C)(C)C)c1c(C)cc2nc(-c3ccc4c(c3)c(-c3ccncc3)nn4C)sc2c1-c1ccc(Cl)cc1. The van der Waals surface area contributed by atoms with E-state index in [2.05, 4.69) is 23.2 Å². The quantitative estimate of drug-likeness (QED) is 0.176. The maximum Gasteiger partial charge on any atom is 0.339 e. The van der Waals surface area contributed by atoms with Crippen LogP contribution in [0.25, 0.3) is 54.1 Å². The fourth-order valence-electron chi connectivity index (χ4n) is 5.38. The average Bonchev–Trinajstić information content (AvgIpc) is 3.56. The zero-order valence-corrected chi connectivity index (χ0v) is 26.4. The van der Waals surface area contributed by atoms with E-state index in [1.165, 1.54) is 7.11 Å². The molecule has 6 aromatic rings. The number of rotatable bonds is 6. The maximum absolute atomic E-state index is 13.2. The third-order valence-corrected chi connectivity index (χ3v) is 8.65. The Bertz CT molecular complexity index is 1980. The Kier molecular flexibility index (Phi) is 7.54. The molecular weight excluding hydrogens is 580 g/mol. The number of benzene rings is 3. The molecule has 0 radical (unpaired) electrons. The molecule has 43 heavy (non-hydrogen) atoms. The molecule has 0 bridgehead atoms. The molecule has 3 heterocycles. The Morgan fingerprint density at radius 2 is 1.67 bits per heavy atom. The van der Waals surface area contributed by atoms with Crippen molar-refractivity contribution in [2.24, 2.45) is 7.05 Å². The molecule has 7 nitrogen and oxygen atoms in total. The van der Waals surface area contributed by atoms with Crippen molar-refractivity contribution in [3.8, 4) is 33.0 Å². The summed E-state index contributed by atoms with van der Waals surface area (Å²) in [5.41, 5.74) is 7.58. The molecule has 1 atom stereocenters. The molecule has 0 spiro atoms. The molecule has 0 aliphatic carbocycles. The molecule has 3 aromatic heterocycles. The number of nitrogens with zero attached hydrogens (tertiary/aromatic N) is 4. The number of pyridine rings is 1. The summed E-state index contributed by atoms with van der Waals surface area (Å²) < 4.78 is 14.4. The number of hydrogen-bond acceptors (Lipinski definition) is 7. The van der Waals surface area contributed by atoms with Crippen LogP contribution in [0, 0.1) is 6.92 Å². The number of esters is 1. The van der Waals surface area contributed by atoms with Gasteiger partial charge in [0.25, 0.3) is 0 Å². The van der Waals surface area contributed by atoms with Gasteiger partial charge in [0.15, 0.2) is 6.10 Å². The van der Waals surface area contributed by atoms with Crippen LogP contribution in [0.3, 0.4) is 0 Å². The topological polar surface area (TPSA) is 79.1 Å². The molecule has 0 unspecified atom stereocenters. The second-order valence-corrected chi connectivity index (χ2v) is 12.9. The van der Waals surface area contributed by atoms with Crippen LogP contribution in [-0.4, -0.2) is 38.4 Å². The molecular formula is C34H31ClN4O3S. The zero-order chi connectivity index (χ0) is 30.5. The molecule has 218 valence electrons. The lowest BCUT2D eigenvalue weighted by Gasteiger charge is -2.28. The summed E-state index contributed by atoms with van der Waals surface area (Å²) in [6, 6.07) is 19.9. The van der Waals surface area contributed by atoms with Crippen molar-refractivity contribution in [2.75, 3.05) is 7.11 Å². The summed E-state index contributed by atoms with van der Waals surface area (Å²) in [6.45, 7) is 7.77. The van der Waals surface area contributed by atoms with Crippen LogP contribution in [0.2, 0.25) is 5.02 Å². The van der Waals surface area contributed by atoms with Gasteiger partial charge in [-0.3, -0.25) is 9.67 Å². The highest BCUT2D eigenvalue weighted by atomic mass is 35.5. The fraction of sp³-hybridized carbons (Fsp3) is 0.235. The first-order chi connectivity index (χ1) is 20.5. The Balaban J connectivity index is 1.59. The Morgan fingerprint density at radius 1 is 0.977 bits per heavy atom. The molecule has 0 aliphatic heterocycles. The predicted octanol–water partition coefficient (Wildman–Crippen LogP) is 8.57. The molecule has 0 saturated heterocycles. The molecule has 9 heteroatoms. The highest BCUT2D eigenvalue weighted by Gasteiger charge is 2.33. The number of methoxy groups -OCH3 is 1. The lowest BCUT2D eigenvalue weighted by atomic mass is 9.91. The summed E-state index contributed by atoms with van der Waals surface area (Å²) in [5, 5.41) is 7.32. The van der Waals surface area contributed by atoms with Crippen LogP contribution in [0.1, 0.15) is 38.0 Å². The number of fused-ring (bicyclic) bond motifs is 2. The normalized spacial score (nSPS) is 12.6. The minimum absolute atomic E-state index is 0.456. The highest BCUT2D eigenvalue weighted by molar-refractivity contribution is 7.22. The minimum Gasteiger partial charge on any atom is -0.467 e. The van der Waals surface area contributed by atoms with Gasteiger partial charge < -0.3 is 9.47 Å². The van der Waals surface area contributed by atoms with E-state index in [1.54, 1.807) is 23.7 Å². The first-order valence-corrected chi connectivity index (χ1v) is 15.1. The van der Waals surface area contributed by atoms with E-state index < -0.39 is 17.7 Å². The molecule has 0 aliphatic rings. The predicted molar refractivity (Wildman–Crippen MR) is 173 cm³/mol. The smallest absolute Gasteiger partial charge is 0.339 e. The number of aromatic nitrogens is 4. The van der Waals surface area contributed by atoms with Crippen molar-refractivity contribution in [3.05, 3.63) is 89.2 Å².